The molecular weight excluding hydrogens is 463 g/mol. The molecule has 0 aliphatic carbocycles. The highest BCUT2D eigenvalue weighted by Gasteiger charge is 2.54. The van der Waals surface area contributed by atoms with Gasteiger partial charge in [-0.15, -0.1) is 0 Å². The van der Waals surface area contributed by atoms with E-state index in [-0.39, 0.29) is 11.9 Å². The molecule has 28 heavy (non-hydrogen) atoms. The second kappa shape index (κ2) is 8.44. The van der Waals surface area contributed by atoms with Crippen LogP contribution in [0.4, 0.5) is 10.5 Å². The Bertz CT molecular complexity index is 884. The molecule has 4 nitrogen and oxygen atoms in total. The maximum absolute atomic E-state index is 13.5. The summed E-state index contributed by atoms with van der Waals surface area (Å²) in [5.74, 6) is -0.269. The highest BCUT2D eigenvalue weighted by molar-refractivity contribution is 9.10. The molecule has 0 saturated carbocycles. The Hall–Kier alpha value is -1.56. The molecule has 2 aromatic rings. The Morgan fingerprint density at radius 2 is 1.64 bits per heavy atom. The third-order valence-corrected chi connectivity index (χ3v) is 5.95. The van der Waals surface area contributed by atoms with Crippen LogP contribution in [0.3, 0.4) is 0 Å². The van der Waals surface area contributed by atoms with Gasteiger partial charge in [-0.05, 0) is 49.2 Å². The van der Waals surface area contributed by atoms with Crippen LogP contribution in [-0.4, -0.2) is 28.9 Å². The van der Waals surface area contributed by atoms with Gasteiger partial charge in [0.15, 0.2) is 0 Å². The van der Waals surface area contributed by atoms with Gasteiger partial charge < -0.3 is 4.90 Å². The van der Waals surface area contributed by atoms with E-state index < -0.39 is 5.54 Å². The number of rotatable bonds is 6. The van der Waals surface area contributed by atoms with Gasteiger partial charge >= 0.3 is 6.03 Å². The highest BCUT2D eigenvalue weighted by Crippen LogP contribution is 2.37. The summed E-state index contributed by atoms with van der Waals surface area (Å²) >= 11 is 15.6. The minimum absolute atomic E-state index is 0.269. The first-order valence-corrected chi connectivity index (χ1v) is 10.7. The predicted molar refractivity (Wildman–Crippen MR) is 117 cm³/mol. The van der Waals surface area contributed by atoms with Crippen LogP contribution < -0.4 is 4.90 Å². The van der Waals surface area contributed by atoms with Crippen LogP contribution in [0.1, 0.15) is 32.3 Å². The Labute approximate surface area is 183 Å². The summed E-state index contributed by atoms with van der Waals surface area (Å²) in [6, 6.07) is 12.2. The van der Waals surface area contributed by atoms with Crippen molar-refractivity contribution in [1.29, 1.82) is 0 Å². The number of amides is 3. The van der Waals surface area contributed by atoms with Gasteiger partial charge in [0.2, 0.25) is 0 Å². The molecule has 1 atom stereocenters. The summed E-state index contributed by atoms with van der Waals surface area (Å²) in [6.07, 6.45) is 2.17. The quantitative estimate of drug-likeness (QED) is 0.450. The number of benzene rings is 2. The average molecular weight is 484 g/mol. The second-order valence-corrected chi connectivity index (χ2v) is 8.92. The first-order chi connectivity index (χ1) is 13.3. The molecule has 0 bridgehead atoms. The molecule has 2 aromatic carbocycles. The van der Waals surface area contributed by atoms with Gasteiger partial charge in [-0.3, -0.25) is 4.79 Å². The zero-order chi connectivity index (χ0) is 20.5. The molecule has 0 aromatic heterocycles. The van der Waals surface area contributed by atoms with E-state index in [2.05, 4.69) is 22.9 Å². The van der Waals surface area contributed by atoms with Crippen molar-refractivity contribution in [3.05, 3.63) is 62.5 Å². The second-order valence-electron chi connectivity index (χ2n) is 7.13. The number of unbranched alkanes of at least 4 members (excludes halogenated alkanes) is 1. The van der Waals surface area contributed by atoms with Gasteiger partial charge in [0.05, 0.1) is 5.69 Å². The van der Waals surface area contributed by atoms with Gasteiger partial charge in [-0.25, -0.2) is 9.69 Å². The Balaban J connectivity index is 2.02. The lowest BCUT2D eigenvalue weighted by atomic mass is 9.91. The lowest BCUT2D eigenvalue weighted by molar-refractivity contribution is -0.124. The average Bonchev–Trinajstić information content (AvgIpc) is 2.80. The maximum atomic E-state index is 13.5. The van der Waals surface area contributed by atoms with Gasteiger partial charge in [0.1, 0.15) is 5.54 Å². The van der Waals surface area contributed by atoms with E-state index in [1.807, 2.05) is 31.2 Å². The van der Waals surface area contributed by atoms with E-state index in [0.29, 0.717) is 28.7 Å². The largest absolute Gasteiger partial charge is 0.332 e. The lowest BCUT2D eigenvalue weighted by Gasteiger charge is -2.31. The van der Waals surface area contributed by atoms with Crippen molar-refractivity contribution in [2.45, 2.75) is 38.6 Å². The van der Waals surface area contributed by atoms with E-state index in [9.17, 15) is 9.59 Å². The van der Waals surface area contributed by atoms with E-state index >= 15 is 0 Å². The highest BCUT2D eigenvalue weighted by atomic mass is 79.9. The first-order valence-electron chi connectivity index (χ1n) is 9.13. The standard InChI is InChI=1S/C21H21BrCl2N2O2/c1-3-4-9-25-20(28)26(18-11-16(23)10-17(24)12-18)19(27)21(25,2)13-14-5-7-15(22)8-6-14/h5-8,10-12H,3-4,9,13H2,1-2H3/t21-/m1/s1. The molecule has 0 N–H and O–H groups in total. The number of anilines is 1. The molecule has 1 saturated heterocycles. The van der Waals surface area contributed by atoms with Crippen LogP contribution in [0.25, 0.3) is 0 Å². The summed E-state index contributed by atoms with van der Waals surface area (Å²) < 4.78 is 0.966. The smallest absolute Gasteiger partial charge is 0.309 e. The molecule has 148 valence electrons. The fraction of sp³-hybridized carbons (Fsp3) is 0.333. The predicted octanol–water partition coefficient (Wildman–Crippen LogP) is 6.33. The van der Waals surface area contributed by atoms with Crippen LogP contribution in [0.15, 0.2) is 46.9 Å². The van der Waals surface area contributed by atoms with Crippen molar-refractivity contribution in [2.75, 3.05) is 11.4 Å². The molecule has 1 heterocycles. The number of halogens is 3. The number of nitrogens with zero attached hydrogens (tertiary/aromatic N) is 2. The Morgan fingerprint density at radius 3 is 2.21 bits per heavy atom. The molecule has 3 amide bonds. The summed E-state index contributed by atoms with van der Waals surface area (Å²) in [4.78, 5) is 29.6. The molecule has 0 radical (unpaired) electrons. The van der Waals surface area contributed by atoms with Crippen LogP contribution >= 0.6 is 39.1 Å². The van der Waals surface area contributed by atoms with Gasteiger partial charge in [0.25, 0.3) is 5.91 Å². The molecule has 0 unspecified atom stereocenters. The monoisotopic (exact) mass is 482 g/mol. The molecular formula is C21H21BrCl2N2O2. The molecule has 1 aliphatic rings. The van der Waals surface area contributed by atoms with Crippen LogP contribution in [0.5, 0.6) is 0 Å². The number of carbonyl (C=O) groups is 2. The fourth-order valence-corrected chi connectivity index (χ4v) is 4.28. The number of imide groups is 1. The van der Waals surface area contributed by atoms with Crippen molar-refractivity contribution in [3.8, 4) is 0 Å². The summed E-state index contributed by atoms with van der Waals surface area (Å²) in [5, 5.41) is 0.759. The van der Waals surface area contributed by atoms with Crippen molar-refractivity contribution >= 4 is 56.8 Å². The van der Waals surface area contributed by atoms with Gasteiger partial charge in [-0.1, -0.05) is 64.6 Å². The summed E-state index contributed by atoms with van der Waals surface area (Å²) in [7, 11) is 0. The zero-order valence-electron chi connectivity index (χ0n) is 15.7. The maximum Gasteiger partial charge on any atom is 0.332 e. The number of carbonyl (C=O) groups excluding carboxylic acids is 2. The van der Waals surface area contributed by atoms with Crippen LogP contribution in [-0.2, 0) is 11.2 Å². The fourth-order valence-electron chi connectivity index (χ4n) is 3.50. The SMILES string of the molecule is CCCCN1C(=O)N(c2cc(Cl)cc(Cl)c2)C(=O)[C@@]1(C)Cc1ccc(Br)cc1. The lowest BCUT2D eigenvalue weighted by Crippen LogP contribution is -2.49. The Morgan fingerprint density at radius 1 is 1.04 bits per heavy atom. The van der Waals surface area contributed by atoms with Gasteiger partial charge in [-0.2, -0.15) is 0 Å². The van der Waals surface area contributed by atoms with Crippen LogP contribution in [0, 0.1) is 0 Å². The van der Waals surface area contributed by atoms with Crippen molar-refractivity contribution < 1.29 is 9.59 Å². The molecule has 0 spiro atoms. The third kappa shape index (κ3) is 4.07. The number of urea groups is 1. The van der Waals surface area contributed by atoms with E-state index in [1.165, 1.54) is 4.90 Å². The number of hydrogen-bond acceptors (Lipinski definition) is 2. The summed E-state index contributed by atoms with van der Waals surface area (Å²) in [5.41, 5.74) is 0.405. The van der Waals surface area contributed by atoms with E-state index in [0.717, 1.165) is 22.9 Å². The Kier molecular flexibility index (Phi) is 6.37. The number of hydrogen-bond donors (Lipinski definition) is 0. The molecule has 1 fully saturated rings. The van der Waals surface area contributed by atoms with Crippen molar-refractivity contribution in [3.63, 3.8) is 0 Å². The minimum Gasteiger partial charge on any atom is -0.309 e. The molecule has 3 rings (SSSR count). The summed E-state index contributed by atoms with van der Waals surface area (Å²) in [6.45, 7) is 4.40. The minimum atomic E-state index is -0.977. The first kappa shape index (κ1) is 21.2. The van der Waals surface area contributed by atoms with Gasteiger partial charge in [0, 0.05) is 27.5 Å². The topological polar surface area (TPSA) is 40.6 Å². The third-order valence-electron chi connectivity index (χ3n) is 4.98. The van der Waals surface area contributed by atoms with E-state index in [1.54, 1.807) is 23.1 Å². The normalized spacial score (nSPS) is 19.6. The molecule has 1 aliphatic heterocycles. The van der Waals surface area contributed by atoms with Crippen molar-refractivity contribution in [1.82, 2.24) is 4.90 Å². The zero-order valence-corrected chi connectivity index (χ0v) is 18.8. The van der Waals surface area contributed by atoms with Crippen molar-refractivity contribution in [2.24, 2.45) is 0 Å². The molecule has 7 heteroatoms. The van der Waals surface area contributed by atoms with Crippen LogP contribution in [0.2, 0.25) is 10.0 Å². The van der Waals surface area contributed by atoms with E-state index in [4.69, 9.17) is 23.2 Å².